The molecule has 1 fully saturated rings. The summed E-state index contributed by atoms with van der Waals surface area (Å²) in [6, 6.07) is 6.43. The van der Waals surface area contributed by atoms with E-state index in [9.17, 15) is 27.6 Å². The molecule has 33 heavy (non-hydrogen) atoms. The molecule has 0 amide bonds. The lowest BCUT2D eigenvalue weighted by atomic mass is 9.98. The topological polar surface area (TPSA) is 128 Å². The Balaban J connectivity index is 1.64. The summed E-state index contributed by atoms with van der Waals surface area (Å²) in [6.07, 6.45) is 3.68. The van der Waals surface area contributed by atoms with E-state index in [1.165, 1.54) is 22.5 Å². The van der Waals surface area contributed by atoms with E-state index in [0.717, 1.165) is 12.4 Å². The third kappa shape index (κ3) is 6.34. The first-order valence-corrected chi connectivity index (χ1v) is 11.8. The molecule has 1 aromatic heterocycles. The van der Waals surface area contributed by atoms with E-state index in [1.807, 2.05) is 6.92 Å². The number of hydrogen-bond donors (Lipinski definition) is 2. The molecule has 0 aliphatic carbocycles. The number of nitrogens with one attached hydrogen (secondary N) is 1. The van der Waals surface area contributed by atoms with Crippen LogP contribution < -0.4 is 10.1 Å². The summed E-state index contributed by atoms with van der Waals surface area (Å²) < 4.78 is 56.3. The molecule has 1 atom stereocenters. The molecule has 2 heterocycles. The van der Waals surface area contributed by atoms with Gasteiger partial charge >= 0.3 is 6.61 Å². The van der Waals surface area contributed by atoms with Crippen LogP contribution in [0.2, 0.25) is 0 Å². The molecule has 178 valence electrons. The fourth-order valence-corrected chi connectivity index (χ4v) is 5.10. The van der Waals surface area contributed by atoms with Crippen molar-refractivity contribution < 1.29 is 27.0 Å². The molecule has 1 aromatic carbocycles. The van der Waals surface area contributed by atoms with Gasteiger partial charge in [0, 0.05) is 25.7 Å². The second-order valence-corrected chi connectivity index (χ2v) is 9.80. The Morgan fingerprint density at radius 3 is 2.55 bits per heavy atom. The van der Waals surface area contributed by atoms with Crippen molar-refractivity contribution in [2.75, 3.05) is 25.0 Å². The first-order valence-electron chi connectivity index (χ1n) is 10.4. The number of alkyl halides is 2. The summed E-state index contributed by atoms with van der Waals surface area (Å²) >= 11 is 0. The van der Waals surface area contributed by atoms with Crippen molar-refractivity contribution in [2.45, 2.75) is 43.7 Å². The number of benzene rings is 1. The first-order chi connectivity index (χ1) is 15.7. The number of nitrogens with zero attached hydrogens (tertiary/aromatic N) is 4. The summed E-state index contributed by atoms with van der Waals surface area (Å²) in [6.45, 7) is -0.648. The van der Waals surface area contributed by atoms with Gasteiger partial charge in [0.1, 0.15) is 0 Å². The lowest BCUT2D eigenvalue weighted by Crippen LogP contribution is -2.42. The monoisotopic (exact) mass is 481 g/mol. The molecule has 3 rings (SSSR count). The van der Waals surface area contributed by atoms with Gasteiger partial charge in [0.15, 0.2) is 5.75 Å². The van der Waals surface area contributed by atoms with Gasteiger partial charge in [-0.2, -0.15) is 18.3 Å². The van der Waals surface area contributed by atoms with Crippen LogP contribution in [0.25, 0.3) is 0 Å². The summed E-state index contributed by atoms with van der Waals surface area (Å²) in [5.74, 6) is -0.00520. The molecule has 1 aliphatic rings. The zero-order valence-electron chi connectivity index (χ0n) is 18.0. The van der Waals surface area contributed by atoms with Crippen molar-refractivity contribution in [1.82, 2.24) is 14.3 Å². The first kappa shape index (κ1) is 24.8. The maximum Gasteiger partial charge on any atom is 0.387 e. The molecule has 0 unspecified atom stereocenters. The standard InChI is InChI=1S/C21H25F2N5O4S/c1-14(13-29)8-16-9-19(3-2-15(16)10-24)33(30,31)28-6-4-17(5-7-28)27-21-25-11-18(12-26-21)32-20(22)23/h2-3,9,11-12,14,17,20,29H,4-8,13H2,1H3,(H,25,26,27)/t14-/m0/s1. The average Bonchev–Trinajstić information content (AvgIpc) is 2.80. The number of aliphatic hydroxyl groups is 1. The van der Waals surface area contributed by atoms with Crippen LogP contribution in [-0.2, 0) is 16.4 Å². The highest BCUT2D eigenvalue weighted by atomic mass is 32.2. The van der Waals surface area contributed by atoms with Gasteiger partial charge in [0.05, 0.1) is 28.9 Å². The molecular weight excluding hydrogens is 456 g/mol. The van der Waals surface area contributed by atoms with Crippen LogP contribution in [0.5, 0.6) is 5.75 Å². The molecule has 0 radical (unpaired) electrons. The number of hydrogen-bond acceptors (Lipinski definition) is 8. The van der Waals surface area contributed by atoms with Gasteiger partial charge in [-0.3, -0.25) is 0 Å². The van der Waals surface area contributed by atoms with E-state index in [0.29, 0.717) is 30.4 Å². The maximum absolute atomic E-state index is 13.2. The van der Waals surface area contributed by atoms with Gasteiger partial charge in [-0.25, -0.2) is 18.4 Å². The normalized spacial score (nSPS) is 16.4. The fraction of sp³-hybridized carbons (Fsp3) is 0.476. The maximum atomic E-state index is 13.2. The highest BCUT2D eigenvalue weighted by Crippen LogP contribution is 2.25. The third-order valence-corrected chi connectivity index (χ3v) is 7.25. The number of ether oxygens (including phenoxy) is 1. The Labute approximate surface area is 191 Å². The fourth-order valence-electron chi connectivity index (χ4n) is 3.58. The van der Waals surface area contributed by atoms with Crippen molar-refractivity contribution in [1.29, 1.82) is 5.26 Å². The van der Waals surface area contributed by atoms with Gasteiger partial charge in [0.25, 0.3) is 0 Å². The molecular formula is C21H25F2N5O4S. The van der Waals surface area contributed by atoms with Crippen LogP contribution in [0.15, 0.2) is 35.5 Å². The summed E-state index contributed by atoms with van der Waals surface area (Å²) in [5, 5.41) is 21.7. The Kier molecular flexibility index (Phi) is 8.12. The minimum Gasteiger partial charge on any atom is -0.432 e. The second kappa shape index (κ2) is 10.8. The Morgan fingerprint density at radius 1 is 1.30 bits per heavy atom. The van der Waals surface area contributed by atoms with E-state index >= 15 is 0 Å². The van der Waals surface area contributed by atoms with Crippen LogP contribution >= 0.6 is 0 Å². The van der Waals surface area contributed by atoms with E-state index in [-0.39, 0.29) is 48.2 Å². The van der Waals surface area contributed by atoms with Gasteiger partial charge in [-0.15, -0.1) is 0 Å². The largest absolute Gasteiger partial charge is 0.432 e. The molecule has 0 spiro atoms. The Bertz CT molecular complexity index is 1080. The number of nitriles is 1. The molecule has 9 nitrogen and oxygen atoms in total. The molecule has 2 aromatic rings. The number of piperidine rings is 1. The summed E-state index contributed by atoms with van der Waals surface area (Å²) in [4.78, 5) is 8.00. The van der Waals surface area contributed by atoms with Gasteiger partial charge in [-0.05, 0) is 48.9 Å². The average molecular weight is 482 g/mol. The molecule has 2 N–H and O–H groups in total. The lowest BCUT2D eigenvalue weighted by Gasteiger charge is -2.31. The van der Waals surface area contributed by atoms with E-state index in [1.54, 1.807) is 0 Å². The third-order valence-electron chi connectivity index (χ3n) is 5.36. The van der Waals surface area contributed by atoms with E-state index < -0.39 is 16.6 Å². The Morgan fingerprint density at radius 2 is 1.97 bits per heavy atom. The van der Waals surface area contributed by atoms with Gasteiger partial charge < -0.3 is 15.2 Å². The molecule has 12 heteroatoms. The van der Waals surface area contributed by atoms with Crippen molar-refractivity contribution >= 4 is 16.0 Å². The van der Waals surface area contributed by atoms with Gasteiger partial charge in [-0.1, -0.05) is 6.92 Å². The number of aliphatic hydroxyl groups excluding tert-OH is 1. The summed E-state index contributed by atoms with van der Waals surface area (Å²) in [5.41, 5.74) is 0.982. The van der Waals surface area contributed by atoms with Crippen LogP contribution in [-0.4, -0.2) is 60.1 Å². The number of anilines is 1. The molecule has 1 aliphatic heterocycles. The summed E-state index contributed by atoms with van der Waals surface area (Å²) in [7, 11) is -3.75. The van der Waals surface area contributed by atoms with E-state index in [2.05, 4.69) is 26.1 Å². The zero-order chi connectivity index (χ0) is 24.0. The van der Waals surface area contributed by atoms with Crippen LogP contribution in [0, 0.1) is 17.2 Å². The minimum atomic E-state index is -3.75. The molecule has 0 bridgehead atoms. The predicted molar refractivity (Wildman–Crippen MR) is 115 cm³/mol. The molecule has 0 saturated carbocycles. The van der Waals surface area contributed by atoms with E-state index in [4.69, 9.17) is 0 Å². The zero-order valence-corrected chi connectivity index (χ0v) is 18.8. The number of aromatic nitrogens is 2. The Hall–Kier alpha value is -2.88. The lowest BCUT2D eigenvalue weighted by molar-refractivity contribution is -0.0503. The van der Waals surface area contributed by atoms with Crippen molar-refractivity contribution in [2.24, 2.45) is 5.92 Å². The highest BCUT2D eigenvalue weighted by Gasteiger charge is 2.30. The number of halogens is 2. The number of sulfonamides is 1. The second-order valence-electron chi connectivity index (χ2n) is 7.87. The SMILES string of the molecule is C[C@H](CO)Cc1cc(S(=O)(=O)N2CCC(Nc3ncc(OC(F)F)cn3)CC2)ccc1C#N. The quantitative estimate of drug-likeness (QED) is 0.559. The smallest absolute Gasteiger partial charge is 0.387 e. The van der Waals surface area contributed by atoms with Crippen LogP contribution in [0.1, 0.15) is 30.9 Å². The van der Waals surface area contributed by atoms with Crippen LogP contribution in [0.3, 0.4) is 0 Å². The van der Waals surface area contributed by atoms with Crippen molar-refractivity contribution in [3.05, 3.63) is 41.7 Å². The van der Waals surface area contributed by atoms with Crippen molar-refractivity contribution in [3.63, 3.8) is 0 Å². The van der Waals surface area contributed by atoms with Gasteiger partial charge in [0.2, 0.25) is 16.0 Å². The molecule has 1 saturated heterocycles. The van der Waals surface area contributed by atoms with Crippen molar-refractivity contribution in [3.8, 4) is 11.8 Å². The highest BCUT2D eigenvalue weighted by molar-refractivity contribution is 7.89. The minimum absolute atomic E-state index is 0.0615. The van der Waals surface area contributed by atoms with Crippen LogP contribution in [0.4, 0.5) is 14.7 Å². The predicted octanol–water partition coefficient (Wildman–Crippen LogP) is 2.39. The number of rotatable bonds is 9.